The second-order valence-corrected chi connectivity index (χ2v) is 9.94. The van der Waals surface area contributed by atoms with Crippen LogP contribution in [0.5, 0.6) is 5.75 Å². The molecule has 2 N–H and O–H groups in total. The lowest BCUT2D eigenvalue weighted by atomic mass is 9.84. The Balaban J connectivity index is 1.60. The highest BCUT2D eigenvalue weighted by atomic mass is 16.5. The monoisotopic (exact) mass is 510 g/mol. The van der Waals surface area contributed by atoms with Crippen molar-refractivity contribution in [3.8, 4) is 5.75 Å². The molecule has 9 nitrogen and oxygen atoms in total. The molecule has 2 heterocycles. The van der Waals surface area contributed by atoms with Crippen LogP contribution in [-0.4, -0.2) is 86.7 Å². The highest BCUT2D eigenvalue weighted by molar-refractivity contribution is 6.08. The maximum atomic E-state index is 13.7. The van der Waals surface area contributed by atoms with E-state index in [1.807, 2.05) is 25.1 Å². The fourth-order valence-electron chi connectivity index (χ4n) is 5.23. The first kappa shape index (κ1) is 27.0. The molecule has 1 unspecified atom stereocenters. The van der Waals surface area contributed by atoms with Gasteiger partial charge >= 0.3 is 0 Å². The Morgan fingerprint density at radius 1 is 1.24 bits per heavy atom. The maximum absolute atomic E-state index is 13.7. The molecule has 1 amide bonds. The number of ketones is 1. The Kier molecular flexibility index (Phi) is 8.16. The fourth-order valence-corrected chi connectivity index (χ4v) is 5.23. The summed E-state index contributed by atoms with van der Waals surface area (Å²) in [5, 5.41) is 11.4. The van der Waals surface area contributed by atoms with Crippen molar-refractivity contribution in [1.29, 1.82) is 5.41 Å². The average molecular weight is 511 g/mol. The first-order chi connectivity index (χ1) is 17.7. The lowest BCUT2D eigenvalue weighted by Crippen LogP contribution is -2.55. The Hall–Kier alpha value is -3.01. The predicted molar refractivity (Wildman–Crippen MR) is 141 cm³/mol. The van der Waals surface area contributed by atoms with E-state index < -0.39 is 5.72 Å². The number of carbonyl (C=O) groups excluding carboxylic acids is 2. The highest BCUT2D eigenvalue weighted by Crippen LogP contribution is 2.37. The van der Waals surface area contributed by atoms with Gasteiger partial charge in [0.15, 0.2) is 5.78 Å². The van der Waals surface area contributed by atoms with Crippen molar-refractivity contribution in [3.05, 3.63) is 52.1 Å². The first-order valence-corrected chi connectivity index (χ1v) is 12.9. The molecule has 2 aliphatic heterocycles. The third kappa shape index (κ3) is 5.35. The number of carbonyl (C=O) groups is 2. The SMILES string of the molecule is CCOc1cc2c(cc1C(=O)NC)C(=N)N(CC(=O)C1=CC(OC)(N3CCOCC3)CC(C(C)C)=C1)C2. The van der Waals surface area contributed by atoms with Crippen LogP contribution < -0.4 is 10.1 Å². The number of Topliss-reactive ketones (excluding diaryl/α,β-unsaturated/α-hetero) is 1. The van der Waals surface area contributed by atoms with Crippen LogP contribution in [-0.2, 0) is 20.8 Å². The van der Waals surface area contributed by atoms with Crippen molar-refractivity contribution in [3.63, 3.8) is 0 Å². The van der Waals surface area contributed by atoms with Crippen molar-refractivity contribution >= 4 is 17.5 Å². The molecule has 0 saturated carbocycles. The predicted octanol–water partition coefficient (Wildman–Crippen LogP) is 2.74. The Labute approximate surface area is 218 Å². The summed E-state index contributed by atoms with van der Waals surface area (Å²) >= 11 is 0. The van der Waals surface area contributed by atoms with Gasteiger partial charge in [-0.25, -0.2) is 0 Å². The molecular formula is C28H38N4O5. The number of amidine groups is 1. The summed E-state index contributed by atoms with van der Waals surface area (Å²) in [5.41, 5.74) is 2.97. The quantitative estimate of drug-likeness (QED) is 0.526. The van der Waals surface area contributed by atoms with Crippen LogP contribution >= 0.6 is 0 Å². The third-order valence-corrected chi connectivity index (χ3v) is 7.39. The van der Waals surface area contributed by atoms with E-state index in [0.29, 0.717) is 55.2 Å². The van der Waals surface area contributed by atoms with Crippen LogP contribution in [0.3, 0.4) is 0 Å². The largest absolute Gasteiger partial charge is 0.493 e. The van der Waals surface area contributed by atoms with Gasteiger partial charge in [-0.1, -0.05) is 25.5 Å². The Bertz CT molecular complexity index is 1140. The summed E-state index contributed by atoms with van der Waals surface area (Å²) in [5.74, 6) is 0.637. The molecule has 0 aromatic heterocycles. The molecule has 0 spiro atoms. The molecule has 1 aromatic carbocycles. The molecule has 0 bridgehead atoms. The lowest BCUT2D eigenvalue weighted by Gasteiger charge is -2.45. The average Bonchev–Trinajstić information content (AvgIpc) is 3.21. The molecule has 200 valence electrons. The molecular weight excluding hydrogens is 472 g/mol. The van der Waals surface area contributed by atoms with Gasteiger partial charge in [0.25, 0.3) is 5.91 Å². The number of methoxy groups -OCH3 is 1. The normalized spacial score (nSPS) is 22.0. The molecule has 1 aromatic rings. The van der Waals surface area contributed by atoms with E-state index in [-0.39, 0.29) is 30.0 Å². The number of nitrogens with zero attached hydrogens (tertiary/aromatic N) is 2. The van der Waals surface area contributed by atoms with Crippen LogP contribution in [0.1, 0.15) is 48.7 Å². The number of hydrogen-bond donors (Lipinski definition) is 2. The second-order valence-electron chi connectivity index (χ2n) is 9.94. The first-order valence-electron chi connectivity index (χ1n) is 12.9. The zero-order valence-corrected chi connectivity index (χ0v) is 22.5. The van der Waals surface area contributed by atoms with Crippen molar-refractivity contribution in [2.45, 2.75) is 39.5 Å². The number of hydrogen-bond acceptors (Lipinski definition) is 7. The van der Waals surface area contributed by atoms with Crippen molar-refractivity contribution in [2.24, 2.45) is 5.92 Å². The number of nitrogens with one attached hydrogen (secondary N) is 2. The third-order valence-electron chi connectivity index (χ3n) is 7.39. The number of benzene rings is 1. The van der Waals surface area contributed by atoms with Gasteiger partial charge in [0.1, 0.15) is 17.3 Å². The summed E-state index contributed by atoms with van der Waals surface area (Å²) in [6, 6.07) is 3.50. The van der Waals surface area contributed by atoms with Crippen molar-refractivity contribution < 1.29 is 23.8 Å². The van der Waals surface area contributed by atoms with Gasteiger partial charge in [-0.2, -0.15) is 0 Å². The summed E-state index contributed by atoms with van der Waals surface area (Å²) in [7, 11) is 3.26. The standard InChI is InChI=1S/C28H38N4O5/c1-6-37-25-12-21-16-31(26(29)22(21)13-23(25)27(34)30-4)17-24(33)20-11-19(18(2)3)14-28(15-20,35-5)32-7-9-36-10-8-32/h11-13,15,18,29H,6-10,14,16-17H2,1-5H3,(H,30,34). The van der Waals surface area contributed by atoms with E-state index in [0.717, 1.165) is 24.2 Å². The van der Waals surface area contributed by atoms with Gasteiger partial charge in [-0.05, 0) is 36.6 Å². The molecule has 3 aliphatic rings. The summed E-state index contributed by atoms with van der Waals surface area (Å²) in [4.78, 5) is 30.1. The van der Waals surface area contributed by atoms with Gasteiger partial charge in [0.2, 0.25) is 0 Å². The number of fused-ring (bicyclic) bond motifs is 1. The topological polar surface area (TPSA) is 104 Å². The summed E-state index contributed by atoms with van der Waals surface area (Å²) in [6.07, 6.45) is 4.65. The maximum Gasteiger partial charge on any atom is 0.254 e. The minimum absolute atomic E-state index is 0.0589. The number of morpholine rings is 1. The van der Waals surface area contributed by atoms with E-state index in [9.17, 15) is 9.59 Å². The minimum Gasteiger partial charge on any atom is -0.493 e. The van der Waals surface area contributed by atoms with E-state index in [1.54, 1.807) is 25.1 Å². The van der Waals surface area contributed by atoms with Gasteiger partial charge in [0.05, 0.1) is 31.9 Å². The van der Waals surface area contributed by atoms with E-state index in [4.69, 9.17) is 19.6 Å². The van der Waals surface area contributed by atoms with Gasteiger partial charge in [0, 0.05) is 51.3 Å². The van der Waals surface area contributed by atoms with Gasteiger partial charge < -0.3 is 24.4 Å². The van der Waals surface area contributed by atoms with Crippen LogP contribution in [0.25, 0.3) is 0 Å². The molecule has 4 rings (SSSR count). The number of rotatable bonds is 9. The summed E-state index contributed by atoms with van der Waals surface area (Å²) in [6.45, 7) is 9.75. The van der Waals surface area contributed by atoms with Crippen molar-refractivity contribution in [1.82, 2.24) is 15.1 Å². The van der Waals surface area contributed by atoms with Crippen LogP contribution in [0.2, 0.25) is 0 Å². The van der Waals surface area contributed by atoms with E-state index >= 15 is 0 Å². The van der Waals surface area contributed by atoms with Crippen LogP contribution in [0, 0.1) is 11.3 Å². The van der Waals surface area contributed by atoms with E-state index in [2.05, 4.69) is 24.1 Å². The number of allylic oxidation sites excluding steroid dienone is 1. The molecule has 1 aliphatic carbocycles. The summed E-state index contributed by atoms with van der Waals surface area (Å²) < 4.78 is 17.3. The fraction of sp³-hybridized carbons (Fsp3) is 0.536. The zero-order chi connectivity index (χ0) is 26.7. The second kappa shape index (κ2) is 11.2. The molecule has 37 heavy (non-hydrogen) atoms. The molecule has 1 atom stereocenters. The van der Waals surface area contributed by atoms with Gasteiger partial charge in [-0.15, -0.1) is 0 Å². The lowest BCUT2D eigenvalue weighted by molar-refractivity contribution is -0.133. The van der Waals surface area contributed by atoms with Crippen molar-refractivity contribution in [2.75, 3.05) is 53.6 Å². The molecule has 9 heteroatoms. The van der Waals surface area contributed by atoms with Crippen LogP contribution in [0.15, 0.2) is 35.4 Å². The number of amides is 1. The molecule has 1 saturated heterocycles. The number of ether oxygens (including phenoxy) is 3. The Morgan fingerprint density at radius 3 is 2.59 bits per heavy atom. The Morgan fingerprint density at radius 2 is 1.97 bits per heavy atom. The zero-order valence-electron chi connectivity index (χ0n) is 22.5. The minimum atomic E-state index is -0.695. The smallest absolute Gasteiger partial charge is 0.254 e. The van der Waals surface area contributed by atoms with Gasteiger partial charge in [-0.3, -0.25) is 19.9 Å². The highest BCUT2D eigenvalue weighted by Gasteiger charge is 2.40. The van der Waals surface area contributed by atoms with Crippen LogP contribution in [0.4, 0.5) is 0 Å². The molecule has 0 radical (unpaired) electrons. The van der Waals surface area contributed by atoms with E-state index in [1.165, 1.54) is 0 Å². The molecule has 1 fully saturated rings.